The summed E-state index contributed by atoms with van der Waals surface area (Å²) in [4.78, 5) is 10.7. The molecule has 0 aliphatic heterocycles. The van der Waals surface area contributed by atoms with Gasteiger partial charge in [-0.3, -0.25) is 0 Å². The third kappa shape index (κ3) is 8.13. The molecule has 0 spiro atoms. The first-order chi connectivity index (χ1) is 44.6. The molecule has 0 saturated carbocycles. The maximum atomic E-state index is 9.77. The zero-order chi connectivity index (χ0) is 59.4. The second kappa shape index (κ2) is 20.4. The highest BCUT2D eigenvalue weighted by atomic mass is 15.0. The third-order valence-corrected chi connectivity index (χ3v) is 18.2. The van der Waals surface area contributed by atoms with Gasteiger partial charge in [-0.05, 0) is 162 Å². The van der Waals surface area contributed by atoms with Gasteiger partial charge < -0.3 is 18.3 Å². The van der Waals surface area contributed by atoms with Gasteiger partial charge >= 0.3 is 0 Å². The number of nitrogens with zero attached hydrogens (tertiary/aromatic N) is 7. The van der Waals surface area contributed by atoms with Gasteiger partial charge in [0.2, 0.25) is 0 Å². The van der Waals surface area contributed by atoms with Gasteiger partial charge in [-0.1, -0.05) is 170 Å². The van der Waals surface area contributed by atoms with Crippen LogP contribution in [0.15, 0.2) is 309 Å². The highest BCUT2D eigenvalue weighted by molar-refractivity contribution is 6.15. The standard InChI is InChI=1S/C83H51N7/c84-52-53-30-32-54(33-31-53)73-51-74(55-34-40-63(41-35-55)89-77-28-13-9-24-67(77)71-49-58(38-44-81(71)89)56-36-42-79-69(47-56)65-22-7-11-26-75(65)87(79)61-17-3-1-4-18-61)86-83(85-73)60-16-15-21-64(46-60)90-78-29-14-10-25-68(78)72-50-59(39-45-82(72)90)57-37-43-80-70(48-57)66-23-8-12-27-76(66)88(80)62-19-5-2-6-20-62/h1-51H. The fourth-order valence-electron chi connectivity index (χ4n) is 14.0. The minimum Gasteiger partial charge on any atom is -0.309 e. The Bertz CT molecular complexity index is 5960. The van der Waals surface area contributed by atoms with Crippen molar-refractivity contribution in [3.63, 3.8) is 0 Å². The van der Waals surface area contributed by atoms with Crippen molar-refractivity contribution in [2.24, 2.45) is 0 Å². The van der Waals surface area contributed by atoms with Gasteiger partial charge in [-0.2, -0.15) is 5.26 Å². The largest absolute Gasteiger partial charge is 0.309 e. The highest BCUT2D eigenvalue weighted by Gasteiger charge is 2.21. The van der Waals surface area contributed by atoms with E-state index in [1.807, 2.05) is 24.3 Å². The molecule has 0 radical (unpaired) electrons. The Morgan fingerprint density at radius 1 is 0.222 bits per heavy atom. The molecule has 0 bridgehead atoms. The number of nitriles is 1. The summed E-state index contributed by atoms with van der Waals surface area (Å²) in [6, 6.07) is 113. The maximum Gasteiger partial charge on any atom is 0.160 e. The van der Waals surface area contributed by atoms with Gasteiger partial charge in [0.25, 0.3) is 0 Å². The Hall–Kier alpha value is -12.4. The monoisotopic (exact) mass is 1150 g/mol. The van der Waals surface area contributed by atoms with E-state index in [9.17, 15) is 5.26 Å². The van der Waals surface area contributed by atoms with Crippen LogP contribution in [0.1, 0.15) is 5.56 Å². The number of hydrogen-bond acceptors (Lipinski definition) is 3. The van der Waals surface area contributed by atoms with Gasteiger partial charge in [0.1, 0.15) is 0 Å². The molecule has 0 amide bonds. The summed E-state index contributed by atoms with van der Waals surface area (Å²) in [7, 11) is 0. The maximum absolute atomic E-state index is 9.77. The molecule has 0 aliphatic carbocycles. The average Bonchev–Trinajstić information content (AvgIpc) is 2.05. The molecular formula is C83H51N7. The molecule has 0 N–H and O–H groups in total. The van der Waals surface area contributed by atoms with E-state index in [1.54, 1.807) is 0 Å². The fourth-order valence-corrected chi connectivity index (χ4v) is 14.0. The van der Waals surface area contributed by atoms with E-state index in [4.69, 9.17) is 9.97 Å². The minimum atomic E-state index is 0.592. The quantitative estimate of drug-likeness (QED) is 0.145. The molecule has 418 valence electrons. The summed E-state index contributed by atoms with van der Waals surface area (Å²) < 4.78 is 9.46. The van der Waals surface area contributed by atoms with Gasteiger partial charge in [-0.25, -0.2) is 9.97 Å². The van der Waals surface area contributed by atoms with Crippen molar-refractivity contribution >= 4 is 87.2 Å². The zero-order valence-electron chi connectivity index (χ0n) is 48.6. The van der Waals surface area contributed by atoms with E-state index in [0.717, 1.165) is 78.5 Å². The molecule has 0 unspecified atom stereocenters. The van der Waals surface area contributed by atoms with Gasteiger partial charge in [0.05, 0.1) is 67.2 Å². The Kier molecular flexibility index (Phi) is 11.5. The lowest BCUT2D eigenvalue weighted by molar-refractivity contribution is 1.15. The van der Waals surface area contributed by atoms with Crippen LogP contribution in [0.25, 0.3) is 166 Å². The van der Waals surface area contributed by atoms with E-state index in [1.165, 1.54) is 81.8 Å². The first-order valence-electron chi connectivity index (χ1n) is 30.4. The lowest BCUT2D eigenvalue weighted by Gasteiger charge is -2.13. The van der Waals surface area contributed by atoms with Crippen LogP contribution in [-0.2, 0) is 0 Å². The Morgan fingerprint density at radius 3 is 0.922 bits per heavy atom. The van der Waals surface area contributed by atoms with E-state index in [0.29, 0.717) is 11.4 Å². The third-order valence-electron chi connectivity index (χ3n) is 18.2. The summed E-state index contributed by atoms with van der Waals surface area (Å²) in [5.41, 5.74) is 23.1. The lowest BCUT2D eigenvalue weighted by atomic mass is 10.0. The molecule has 90 heavy (non-hydrogen) atoms. The van der Waals surface area contributed by atoms with Gasteiger partial charge in [-0.15, -0.1) is 0 Å². The van der Waals surface area contributed by atoms with Crippen molar-refractivity contribution in [2.75, 3.05) is 0 Å². The Balaban J connectivity index is 0.711. The van der Waals surface area contributed by atoms with Gasteiger partial charge in [0, 0.05) is 82.5 Å². The molecule has 18 aromatic rings. The van der Waals surface area contributed by atoms with Crippen LogP contribution in [0.4, 0.5) is 0 Å². The number of hydrogen-bond donors (Lipinski definition) is 0. The van der Waals surface area contributed by atoms with Crippen LogP contribution in [0.5, 0.6) is 0 Å². The predicted octanol–water partition coefficient (Wildman–Crippen LogP) is 21.1. The SMILES string of the molecule is N#Cc1ccc(-c2cc(-c3ccc(-n4c5ccccc5c5cc(-c6ccc7c(c6)c6ccccc6n7-c6ccccc6)ccc54)cc3)nc(-c3cccc(-n4c5ccccc5c5cc(-c6ccc7c(c6)c6ccccc6n7-c6ccccc6)ccc54)c3)n2)cc1. The molecule has 0 atom stereocenters. The van der Waals surface area contributed by atoms with Crippen LogP contribution < -0.4 is 0 Å². The Labute approximate surface area is 517 Å². The van der Waals surface area contributed by atoms with Crippen molar-refractivity contribution < 1.29 is 0 Å². The molecule has 0 fully saturated rings. The van der Waals surface area contributed by atoms with Gasteiger partial charge in [0.15, 0.2) is 5.82 Å². The lowest BCUT2D eigenvalue weighted by Crippen LogP contribution is -1.99. The molecule has 7 heteroatoms. The van der Waals surface area contributed by atoms with Crippen molar-refractivity contribution in [2.45, 2.75) is 0 Å². The molecule has 18 rings (SSSR count). The first-order valence-corrected chi connectivity index (χ1v) is 30.4. The molecule has 0 saturated heterocycles. The fraction of sp³-hybridized carbons (Fsp3) is 0. The molecule has 5 heterocycles. The van der Waals surface area contributed by atoms with E-state index >= 15 is 0 Å². The summed E-state index contributed by atoms with van der Waals surface area (Å²) in [6.45, 7) is 0. The molecule has 7 nitrogen and oxygen atoms in total. The minimum absolute atomic E-state index is 0.592. The van der Waals surface area contributed by atoms with Crippen LogP contribution >= 0.6 is 0 Å². The summed E-state index contributed by atoms with van der Waals surface area (Å²) >= 11 is 0. The predicted molar refractivity (Wildman–Crippen MR) is 371 cm³/mol. The second-order valence-corrected chi connectivity index (χ2v) is 23.3. The van der Waals surface area contributed by atoms with Crippen LogP contribution in [0.2, 0.25) is 0 Å². The van der Waals surface area contributed by atoms with Crippen LogP contribution in [0, 0.1) is 11.3 Å². The van der Waals surface area contributed by atoms with Crippen LogP contribution in [-0.4, -0.2) is 28.2 Å². The van der Waals surface area contributed by atoms with E-state index < -0.39 is 0 Å². The summed E-state index contributed by atoms with van der Waals surface area (Å²) in [6.07, 6.45) is 0. The molecule has 0 aliphatic rings. The molecular weight excluding hydrogens is 1090 g/mol. The summed E-state index contributed by atoms with van der Waals surface area (Å²) in [5, 5.41) is 19.4. The van der Waals surface area contributed by atoms with Crippen molar-refractivity contribution in [1.82, 2.24) is 28.2 Å². The molecule has 5 aromatic heterocycles. The van der Waals surface area contributed by atoms with E-state index in [2.05, 4.69) is 309 Å². The van der Waals surface area contributed by atoms with Crippen molar-refractivity contribution in [1.29, 1.82) is 5.26 Å². The Morgan fingerprint density at radius 2 is 0.533 bits per heavy atom. The highest BCUT2D eigenvalue weighted by Crippen LogP contribution is 2.42. The topological polar surface area (TPSA) is 69.3 Å². The molecule has 13 aromatic carbocycles. The average molecular weight is 1150 g/mol. The number of benzene rings is 13. The number of fused-ring (bicyclic) bond motifs is 12. The number of rotatable bonds is 9. The van der Waals surface area contributed by atoms with E-state index in [-0.39, 0.29) is 0 Å². The van der Waals surface area contributed by atoms with Crippen molar-refractivity contribution in [3.8, 4) is 85.0 Å². The summed E-state index contributed by atoms with van der Waals surface area (Å²) in [5.74, 6) is 0.601. The van der Waals surface area contributed by atoms with Crippen LogP contribution in [0.3, 0.4) is 0 Å². The zero-order valence-corrected chi connectivity index (χ0v) is 48.6. The number of para-hydroxylation sites is 6. The smallest absolute Gasteiger partial charge is 0.160 e. The normalized spacial score (nSPS) is 11.8. The second-order valence-electron chi connectivity index (χ2n) is 23.3. The van der Waals surface area contributed by atoms with Crippen molar-refractivity contribution in [3.05, 3.63) is 315 Å². The first kappa shape index (κ1) is 50.9. The number of aromatic nitrogens is 6.